The van der Waals surface area contributed by atoms with Crippen LogP contribution in [-0.4, -0.2) is 31.2 Å². The Kier molecular flexibility index (Phi) is 5.36. The summed E-state index contributed by atoms with van der Waals surface area (Å²) >= 11 is 0. The zero-order valence-electron chi connectivity index (χ0n) is 11.2. The fourth-order valence-corrected chi connectivity index (χ4v) is 2.33. The molecule has 0 bridgehead atoms. The first-order valence-corrected chi connectivity index (χ1v) is 6.96. The minimum Gasteiger partial charge on any atom is -0.364 e. The van der Waals surface area contributed by atoms with Gasteiger partial charge in [0.2, 0.25) is 5.91 Å². The normalized spacial score (nSPS) is 22.4. The maximum atomic E-state index is 11.8. The summed E-state index contributed by atoms with van der Waals surface area (Å²) in [6.07, 6.45) is 3.36. The summed E-state index contributed by atoms with van der Waals surface area (Å²) in [5, 5.41) is 2.93. The second-order valence-electron chi connectivity index (χ2n) is 4.94. The third-order valence-corrected chi connectivity index (χ3v) is 3.45. The quantitative estimate of drug-likeness (QED) is 0.758. The van der Waals surface area contributed by atoms with Gasteiger partial charge in [-0.25, -0.2) is 0 Å². The maximum absolute atomic E-state index is 11.8. The Hall–Kier alpha value is -1.39. The van der Waals surface area contributed by atoms with Crippen LogP contribution in [0.3, 0.4) is 0 Å². The van der Waals surface area contributed by atoms with Gasteiger partial charge in [0, 0.05) is 13.1 Å². The smallest absolute Gasteiger partial charge is 0.249 e. The van der Waals surface area contributed by atoms with Gasteiger partial charge in [-0.3, -0.25) is 4.79 Å². The molecule has 0 saturated carbocycles. The summed E-state index contributed by atoms with van der Waals surface area (Å²) in [4.78, 5) is 11.8. The van der Waals surface area contributed by atoms with E-state index in [1.54, 1.807) is 0 Å². The molecule has 1 aromatic carbocycles. The maximum Gasteiger partial charge on any atom is 0.249 e. The number of aryl methyl sites for hydroxylation is 1. The van der Waals surface area contributed by atoms with Gasteiger partial charge in [0.15, 0.2) is 0 Å². The second kappa shape index (κ2) is 7.26. The Morgan fingerprint density at radius 1 is 1.32 bits per heavy atom. The molecule has 2 atom stereocenters. The van der Waals surface area contributed by atoms with Crippen molar-refractivity contribution in [3.05, 3.63) is 35.9 Å². The molecule has 1 aromatic rings. The van der Waals surface area contributed by atoms with Crippen molar-refractivity contribution in [2.24, 2.45) is 5.73 Å². The molecular weight excluding hydrogens is 240 g/mol. The molecule has 4 heteroatoms. The highest BCUT2D eigenvalue weighted by Crippen LogP contribution is 2.18. The number of hydrogen-bond donors (Lipinski definition) is 2. The van der Waals surface area contributed by atoms with Crippen LogP contribution in [0.5, 0.6) is 0 Å². The number of nitrogens with one attached hydrogen (secondary N) is 1. The lowest BCUT2D eigenvalue weighted by Gasteiger charge is -2.12. The van der Waals surface area contributed by atoms with E-state index in [0.29, 0.717) is 13.1 Å². The van der Waals surface area contributed by atoms with Crippen molar-refractivity contribution in [3.8, 4) is 0 Å². The third-order valence-electron chi connectivity index (χ3n) is 3.45. The molecule has 2 rings (SSSR count). The topological polar surface area (TPSA) is 64.4 Å². The van der Waals surface area contributed by atoms with Gasteiger partial charge >= 0.3 is 0 Å². The van der Waals surface area contributed by atoms with Crippen LogP contribution in [-0.2, 0) is 16.0 Å². The average Bonchev–Trinajstić information content (AvgIpc) is 2.93. The Morgan fingerprint density at radius 2 is 2.11 bits per heavy atom. The van der Waals surface area contributed by atoms with E-state index in [9.17, 15) is 4.79 Å². The lowest BCUT2D eigenvalue weighted by atomic mass is 10.1. The molecular formula is C15H22N2O2. The highest BCUT2D eigenvalue weighted by atomic mass is 16.5. The standard InChI is InChI=1S/C15H22N2O2/c16-11-13-8-9-14(19-13)15(18)17-10-4-7-12-5-2-1-3-6-12/h1-3,5-6,13-14H,4,7-11,16H2,(H,17,18)/t13-,14+/m1/s1. The first-order chi connectivity index (χ1) is 9.29. The fourth-order valence-electron chi connectivity index (χ4n) is 2.33. The molecule has 1 aliphatic rings. The van der Waals surface area contributed by atoms with Crippen molar-refractivity contribution in [2.75, 3.05) is 13.1 Å². The molecule has 4 nitrogen and oxygen atoms in total. The monoisotopic (exact) mass is 262 g/mol. The Morgan fingerprint density at radius 3 is 2.79 bits per heavy atom. The van der Waals surface area contributed by atoms with Gasteiger partial charge < -0.3 is 15.8 Å². The van der Waals surface area contributed by atoms with Gasteiger partial charge in [-0.05, 0) is 31.2 Å². The number of benzene rings is 1. The van der Waals surface area contributed by atoms with Crippen LogP contribution in [0.25, 0.3) is 0 Å². The van der Waals surface area contributed by atoms with Crippen molar-refractivity contribution in [3.63, 3.8) is 0 Å². The van der Waals surface area contributed by atoms with Crippen LogP contribution in [0.2, 0.25) is 0 Å². The van der Waals surface area contributed by atoms with E-state index in [1.807, 2.05) is 18.2 Å². The number of amides is 1. The molecule has 1 amide bonds. The molecule has 104 valence electrons. The highest BCUT2D eigenvalue weighted by Gasteiger charge is 2.29. The Bertz CT molecular complexity index is 394. The van der Waals surface area contributed by atoms with Crippen LogP contribution < -0.4 is 11.1 Å². The van der Waals surface area contributed by atoms with Gasteiger partial charge in [0.1, 0.15) is 6.10 Å². The van der Waals surface area contributed by atoms with Gasteiger partial charge in [-0.2, -0.15) is 0 Å². The van der Waals surface area contributed by atoms with Crippen molar-refractivity contribution in [2.45, 2.75) is 37.9 Å². The summed E-state index contributed by atoms with van der Waals surface area (Å²) in [5.41, 5.74) is 6.83. The number of rotatable bonds is 6. The van der Waals surface area contributed by atoms with E-state index < -0.39 is 0 Å². The average molecular weight is 262 g/mol. The number of carbonyl (C=O) groups is 1. The van der Waals surface area contributed by atoms with Crippen molar-refractivity contribution in [1.29, 1.82) is 0 Å². The molecule has 0 aromatic heterocycles. The Balaban J connectivity index is 1.62. The predicted molar refractivity (Wildman–Crippen MR) is 74.7 cm³/mol. The summed E-state index contributed by atoms with van der Waals surface area (Å²) in [7, 11) is 0. The largest absolute Gasteiger partial charge is 0.364 e. The van der Waals surface area contributed by atoms with E-state index >= 15 is 0 Å². The molecule has 1 saturated heterocycles. The van der Waals surface area contributed by atoms with Crippen molar-refractivity contribution in [1.82, 2.24) is 5.32 Å². The van der Waals surface area contributed by atoms with Crippen LogP contribution >= 0.6 is 0 Å². The first kappa shape index (κ1) is 14.0. The molecule has 1 aliphatic heterocycles. The van der Waals surface area contributed by atoms with E-state index in [2.05, 4.69) is 17.4 Å². The molecule has 0 aliphatic carbocycles. The molecule has 0 spiro atoms. The fraction of sp³-hybridized carbons (Fsp3) is 0.533. The zero-order valence-corrected chi connectivity index (χ0v) is 11.2. The minimum absolute atomic E-state index is 0.00371. The van der Waals surface area contributed by atoms with E-state index in [0.717, 1.165) is 25.7 Å². The third kappa shape index (κ3) is 4.33. The predicted octanol–water partition coefficient (Wildman–Crippen LogP) is 1.24. The van der Waals surface area contributed by atoms with Gasteiger partial charge in [-0.15, -0.1) is 0 Å². The molecule has 3 N–H and O–H groups in total. The van der Waals surface area contributed by atoms with E-state index in [4.69, 9.17) is 10.5 Å². The minimum atomic E-state index is -0.301. The van der Waals surface area contributed by atoms with Crippen LogP contribution in [0.1, 0.15) is 24.8 Å². The number of hydrogen-bond acceptors (Lipinski definition) is 3. The van der Waals surface area contributed by atoms with E-state index in [1.165, 1.54) is 5.56 Å². The zero-order chi connectivity index (χ0) is 13.5. The second-order valence-corrected chi connectivity index (χ2v) is 4.94. The van der Waals surface area contributed by atoms with Crippen LogP contribution in [0.4, 0.5) is 0 Å². The van der Waals surface area contributed by atoms with Crippen LogP contribution in [0.15, 0.2) is 30.3 Å². The first-order valence-electron chi connectivity index (χ1n) is 6.96. The molecule has 0 unspecified atom stereocenters. The number of carbonyl (C=O) groups excluding carboxylic acids is 1. The van der Waals surface area contributed by atoms with Gasteiger partial charge in [-0.1, -0.05) is 30.3 Å². The highest BCUT2D eigenvalue weighted by molar-refractivity contribution is 5.80. The summed E-state index contributed by atoms with van der Waals surface area (Å²) in [6.45, 7) is 1.19. The van der Waals surface area contributed by atoms with Crippen molar-refractivity contribution < 1.29 is 9.53 Å². The summed E-state index contributed by atoms with van der Waals surface area (Å²) < 4.78 is 5.55. The Labute approximate surface area is 114 Å². The molecule has 19 heavy (non-hydrogen) atoms. The lowest BCUT2D eigenvalue weighted by Crippen LogP contribution is -2.36. The molecule has 1 fully saturated rings. The van der Waals surface area contributed by atoms with Gasteiger partial charge in [0.25, 0.3) is 0 Å². The van der Waals surface area contributed by atoms with Gasteiger partial charge in [0.05, 0.1) is 6.10 Å². The number of nitrogens with two attached hydrogens (primary N) is 1. The summed E-state index contributed by atoms with van der Waals surface area (Å²) in [5.74, 6) is 0.00371. The van der Waals surface area contributed by atoms with Crippen LogP contribution in [0, 0.1) is 0 Å². The molecule has 0 radical (unpaired) electrons. The summed E-state index contributed by atoms with van der Waals surface area (Å²) in [6, 6.07) is 10.3. The van der Waals surface area contributed by atoms with Crippen molar-refractivity contribution >= 4 is 5.91 Å². The SMILES string of the molecule is NC[C@H]1CC[C@@H](C(=O)NCCCc2ccccc2)O1. The number of ether oxygens (including phenoxy) is 1. The van der Waals surface area contributed by atoms with E-state index in [-0.39, 0.29) is 18.1 Å². The lowest BCUT2D eigenvalue weighted by molar-refractivity contribution is -0.131. The molecule has 1 heterocycles.